The molecule has 230 valence electrons. The Kier molecular flexibility index (Phi) is 6.18. The van der Waals surface area contributed by atoms with E-state index in [-0.39, 0.29) is 0 Å². The molecular formula is C46H30N2O. The minimum atomic E-state index is 0.870. The van der Waals surface area contributed by atoms with Crippen molar-refractivity contribution in [2.75, 3.05) is 4.90 Å². The summed E-state index contributed by atoms with van der Waals surface area (Å²) in [5, 5.41) is 7.13. The first-order valence-electron chi connectivity index (χ1n) is 16.7. The third kappa shape index (κ3) is 4.44. The highest BCUT2D eigenvalue weighted by Gasteiger charge is 2.21. The largest absolute Gasteiger partial charge is 0.454 e. The van der Waals surface area contributed by atoms with Crippen LogP contribution in [0.3, 0.4) is 0 Å². The van der Waals surface area contributed by atoms with Crippen LogP contribution in [0.5, 0.6) is 0 Å². The fraction of sp³-hybridized carbons (Fsp3) is 0. The minimum Gasteiger partial charge on any atom is -0.454 e. The van der Waals surface area contributed by atoms with Gasteiger partial charge in [0, 0.05) is 38.6 Å². The Bertz CT molecular complexity index is 2830. The van der Waals surface area contributed by atoms with Gasteiger partial charge in [-0.1, -0.05) is 115 Å². The molecule has 0 aliphatic carbocycles. The Labute approximate surface area is 283 Å². The lowest BCUT2D eigenvalue weighted by molar-refractivity contribution is 0.669. The molecule has 0 aliphatic rings. The van der Waals surface area contributed by atoms with Gasteiger partial charge in [0.25, 0.3) is 0 Å². The Morgan fingerprint density at radius 2 is 1.08 bits per heavy atom. The van der Waals surface area contributed by atoms with Crippen molar-refractivity contribution in [1.29, 1.82) is 0 Å². The lowest BCUT2D eigenvalue weighted by Crippen LogP contribution is -2.10. The van der Waals surface area contributed by atoms with E-state index in [2.05, 4.69) is 179 Å². The third-order valence-corrected chi connectivity index (χ3v) is 9.76. The van der Waals surface area contributed by atoms with Crippen molar-refractivity contribution < 1.29 is 4.42 Å². The summed E-state index contributed by atoms with van der Waals surface area (Å²) in [5.41, 5.74) is 10.8. The summed E-state index contributed by atoms with van der Waals surface area (Å²) in [6, 6.07) is 65.0. The quantitative estimate of drug-likeness (QED) is 0.190. The summed E-state index contributed by atoms with van der Waals surface area (Å²) in [7, 11) is 0. The van der Waals surface area contributed by atoms with Gasteiger partial charge in [0.15, 0.2) is 5.58 Å². The number of benzene rings is 8. The van der Waals surface area contributed by atoms with E-state index in [4.69, 9.17) is 4.42 Å². The van der Waals surface area contributed by atoms with Crippen molar-refractivity contribution in [1.82, 2.24) is 4.57 Å². The van der Waals surface area contributed by atoms with Crippen LogP contribution in [0.4, 0.5) is 17.1 Å². The molecule has 0 bridgehead atoms. The summed E-state index contributed by atoms with van der Waals surface area (Å²) in [6.07, 6.45) is 0. The van der Waals surface area contributed by atoms with Gasteiger partial charge in [0.2, 0.25) is 0 Å². The number of hydrogen-bond donors (Lipinski definition) is 0. The van der Waals surface area contributed by atoms with Gasteiger partial charge in [-0.25, -0.2) is 0 Å². The molecule has 0 saturated heterocycles. The maximum absolute atomic E-state index is 6.62. The van der Waals surface area contributed by atoms with Crippen molar-refractivity contribution >= 4 is 71.6 Å². The second kappa shape index (κ2) is 11.0. The number of rotatable bonds is 5. The van der Waals surface area contributed by atoms with Gasteiger partial charge in [0.1, 0.15) is 5.58 Å². The van der Waals surface area contributed by atoms with Gasteiger partial charge in [-0.15, -0.1) is 0 Å². The van der Waals surface area contributed by atoms with Gasteiger partial charge in [-0.3, -0.25) is 0 Å². The second-order valence-corrected chi connectivity index (χ2v) is 12.6. The van der Waals surface area contributed by atoms with E-state index < -0.39 is 0 Å². The number of nitrogens with zero attached hydrogens (tertiary/aromatic N) is 2. The number of aromatic nitrogens is 1. The number of para-hydroxylation sites is 4. The summed E-state index contributed by atoms with van der Waals surface area (Å²) < 4.78 is 8.97. The molecule has 3 heteroatoms. The molecule has 2 aromatic heterocycles. The molecule has 8 aromatic carbocycles. The van der Waals surface area contributed by atoms with Crippen molar-refractivity contribution in [3.8, 4) is 16.8 Å². The molecule has 0 unspecified atom stereocenters. The first-order chi connectivity index (χ1) is 24.3. The Morgan fingerprint density at radius 3 is 1.96 bits per heavy atom. The summed E-state index contributed by atoms with van der Waals surface area (Å²) >= 11 is 0. The van der Waals surface area contributed by atoms with Gasteiger partial charge in [-0.05, 0) is 88.6 Å². The molecule has 3 nitrogen and oxygen atoms in total. The van der Waals surface area contributed by atoms with Crippen LogP contribution >= 0.6 is 0 Å². The molecule has 0 amide bonds. The average molecular weight is 627 g/mol. The van der Waals surface area contributed by atoms with Gasteiger partial charge < -0.3 is 13.9 Å². The number of anilines is 3. The maximum Gasteiger partial charge on any atom is 0.159 e. The van der Waals surface area contributed by atoms with Crippen LogP contribution in [0.1, 0.15) is 0 Å². The Balaban J connectivity index is 1.19. The summed E-state index contributed by atoms with van der Waals surface area (Å²) in [4.78, 5) is 2.34. The fourth-order valence-electron chi connectivity index (χ4n) is 7.46. The molecule has 0 fully saturated rings. The molecule has 49 heavy (non-hydrogen) atoms. The molecule has 0 aliphatic heterocycles. The summed E-state index contributed by atoms with van der Waals surface area (Å²) in [5.74, 6) is 0. The average Bonchev–Trinajstić information content (AvgIpc) is 3.72. The minimum absolute atomic E-state index is 0.870. The molecule has 0 radical (unpaired) electrons. The van der Waals surface area contributed by atoms with E-state index in [1.54, 1.807) is 0 Å². The molecule has 10 aromatic rings. The van der Waals surface area contributed by atoms with Crippen molar-refractivity contribution in [2.45, 2.75) is 0 Å². The SMILES string of the molecule is c1ccc(-n2c3ccccc3c3cc(N(c4ccc(-c5ccc6ccccc6c5)cc4)c4cccc5c4oc4ccccc45)ccc32)cc1. The monoisotopic (exact) mass is 626 g/mol. The zero-order valence-corrected chi connectivity index (χ0v) is 26.6. The van der Waals surface area contributed by atoms with E-state index in [1.165, 1.54) is 43.7 Å². The van der Waals surface area contributed by atoms with E-state index in [1.807, 2.05) is 12.1 Å². The first kappa shape index (κ1) is 27.5. The molecule has 10 rings (SSSR count). The first-order valence-corrected chi connectivity index (χ1v) is 16.7. The lowest BCUT2D eigenvalue weighted by atomic mass is 10.0. The lowest BCUT2D eigenvalue weighted by Gasteiger charge is -2.26. The molecule has 0 spiro atoms. The number of furan rings is 1. The van der Waals surface area contributed by atoms with E-state index in [0.29, 0.717) is 0 Å². The summed E-state index contributed by atoms with van der Waals surface area (Å²) in [6.45, 7) is 0. The predicted octanol–water partition coefficient (Wildman–Crippen LogP) is 13.0. The Morgan fingerprint density at radius 1 is 0.408 bits per heavy atom. The predicted molar refractivity (Wildman–Crippen MR) is 206 cm³/mol. The highest BCUT2D eigenvalue weighted by molar-refractivity contribution is 6.13. The van der Waals surface area contributed by atoms with Crippen LogP contribution in [-0.4, -0.2) is 4.57 Å². The second-order valence-electron chi connectivity index (χ2n) is 12.6. The van der Waals surface area contributed by atoms with Crippen molar-refractivity contribution in [3.63, 3.8) is 0 Å². The smallest absolute Gasteiger partial charge is 0.159 e. The zero-order valence-electron chi connectivity index (χ0n) is 26.6. The van der Waals surface area contributed by atoms with Crippen molar-refractivity contribution in [2.24, 2.45) is 0 Å². The molecular weight excluding hydrogens is 597 g/mol. The zero-order chi connectivity index (χ0) is 32.3. The third-order valence-electron chi connectivity index (χ3n) is 9.76. The van der Waals surface area contributed by atoms with Gasteiger partial charge in [-0.2, -0.15) is 0 Å². The molecule has 0 saturated carbocycles. The standard InChI is InChI=1S/C46H30N2O/c1-2-13-35(14-3-1)48-42-18-8-6-15-38(42)41-30-37(27-28-43(41)48)47(44-19-10-17-40-39-16-7-9-20-45(39)49-46(40)44)36-25-23-32(24-26-36)34-22-21-31-11-4-5-12-33(31)29-34/h1-30H. The molecule has 0 atom stereocenters. The Hall–Kier alpha value is -6.58. The van der Waals surface area contributed by atoms with Crippen LogP contribution in [-0.2, 0) is 0 Å². The highest BCUT2D eigenvalue weighted by Crippen LogP contribution is 2.44. The van der Waals surface area contributed by atoms with E-state index in [0.717, 1.165) is 44.7 Å². The van der Waals surface area contributed by atoms with Crippen LogP contribution in [0.25, 0.3) is 71.3 Å². The van der Waals surface area contributed by atoms with Crippen LogP contribution in [0.15, 0.2) is 186 Å². The van der Waals surface area contributed by atoms with Crippen LogP contribution in [0, 0.1) is 0 Å². The van der Waals surface area contributed by atoms with E-state index >= 15 is 0 Å². The van der Waals surface area contributed by atoms with E-state index in [9.17, 15) is 0 Å². The van der Waals surface area contributed by atoms with Gasteiger partial charge >= 0.3 is 0 Å². The van der Waals surface area contributed by atoms with Crippen LogP contribution < -0.4 is 4.90 Å². The highest BCUT2D eigenvalue weighted by atomic mass is 16.3. The molecule has 2 heterocycles. The number of fused-ring (bicyclic) bond motifs is 7. The van der Waals surface area contributed by atoms with Crippen molar-refractivity contribution in [3.05, 3.63) is 182 Å². The fourth-order valence-corrected chi connectivity index (χ4v) is 7.46. The molecule has 0 N–H and O–H groups in total. The van der Waals surface area contributed by atoms with Gasteiger partial charge in [0.05, 0.1) is 16.7 Å². The normalized spacial score (nSPS) is 11.7. The topological polar surface area (TPSA) is 21.3 Å². The van der Waals surface area contributed by atoms with Crippen LogP contribution in [0.2, 0.25) is 0 Å². The maximum atomic E-state index is 6.62. The number of hydrogen-bond acceptors (Lipinski definition) is 2.